The van der Waals surface area contributed by atoms with E-state index in [2.05, 4.69) is 38.2 Å². The first-order chi connectivity index (χ1) is 19.1. The molecule has 6 rings (SSSR count). The van der Waals surface area contributed by atoms with E-state index in [0.29, 0.717) is 32.8 Å². The molecule has 2 unspecified atom stereocenters. The monoisotopic (exact) mass is 683 g/mol. The molecule has 0 radical (unpaired) electrons. The molecular weight excluding hydrogens is 660 g/mol. The molecule has 6 nitrogen and oxygen atoms in total. The van der Waals surface area contributed by atoms with Crippen LogP contribution >= 0.6 is 45.8 Å². The largest absolute Gasteiger partial charge is 0.457 e. The summed E-state index contributed by atoms with van der Waals surface area (Å²) in [6.07, 6.45) is 0.106. The average molecular weight is 684 g/mol. The van der Waals surface area contributed by atoms with E-state index in [9.17, 15) is 9.59 Å². The van der Waals surface area contributed by atoms with E-state index in [0.717, 1.165) is 26.1 Å². The smallest absolute Gasteiger partial charge is 0.238 e. The standard InChI is InChI=1S/C31H24Cl2IN3O3/c1-16-10-22(11-17(2)35-16)40-27-9-7-21(34)14-23(27)29-31(24-8-6-20(33)13-26(24)36-30(31)39)25(15-28(38)37-29)18-4-3-5-19(32)12-18/h3-14,25,29H,15H2,1-2H3,(H,36,39)(H,37,38)/t25?,29?,31-/m0/s1. The van der Waals surface area contributed by atoms with Gasteiger partial charge in [-0.3, -0.25) is 14.6 Å². The third-order valence-electron chi connectivity index (χ3n) is 7.57. The Morgan fingerprint density at radius 3 is 2.45 bits per heavy atom. The Balaban J connectivity index is 1.60. The van der Waals surface area contributed by atoms with Crippen LogP contribution in [0.3, 0.4) is 0 Å². The number of piperidine rings is 1. The zero-order valence-corrected chi connectivity index (χ0v) is 25.3. The van der Waals surface area contributed by atoms with Gasteiger partial charge in [0, 0.05) is 60.7 Å². The minimum atomic E-state index is -1.20. The van der Waals surface area contributed by atoms with Gasteiger partial charge < -0.3 is 15.4 Å². The van der Waals surface area contributed by atoms with E-state index < -0.39 is 17.4 Å². The van der Waals surface area contributed by atoms with Gasteiger partial charge in [-0.15, -0.1) is 0 Å². The number of aryl methyl sites for hydroxylation is 2. The Morgan fingerprint density at radius 2 is 1.70 bits per heavy atom. The van der Waals surface area contributed by atoms with E-state index in [-0.39, 0.29) is 18.2 Å². The lowest BCUT2D eigenvalue weighted by molar-refractivity contribution is -0.131. The van der Waals surface area contributed by atoms with E-state index in [1.54, 1.807) is 18.2 Å². The molecule has 4 aromatic rings. The van der Waals surface area contributed by atoms with Crippen molar-refractivity contribution in [2.75, 3.05) is 5.32 Å². The van der Waals surface area contributed by atoms with Crippen molar-refractivity contribution >= 4 is 63.3 Å². The maximum absolute atomic E-state index is 14.3. The molecule has 3 aromatic carbocycles. The van der Waals surface area contributed by atoms with Gasteiger partial charge in [-0.2, -0.15) is 0 Å². The second-order valence-corrected chi connectivity index (χ2v) is 12.3. The van der Waals surface area contributed by atoms with E-state index in [4.69, 9.17) is 27.9 Å². The van der Waals surface area contributed by atoms with E-state index in [1.165, 1.54) is 0 Å². The number of amides is 2. The molecular formula is C31H24Cl2IN3O3. The second kappa shape index (κ2) is 10.4. The molecule has 3 heterocycles. The molecule has 0 saturated carbocycles. The minimum absolute atomic E-state index is 0.106. The molecule has 9 heteroatoms. The molecule has 0 bridgehead atoms. The van der Waals surface area contributed by atoms with Crippen LogP contribution in [0.2, 0.25) is 10.0 Å². The molecule has 2 amide bonds. The summed E-state index contributed by atoms with van der Waals surface area (Å²) in [4.78, 5) is 32.2. The number of anilines is 1. The van der Waals surface area contributed by atoms with Gasteiger partial charge >= 0.3 is 0 Å². The molecule has 2 N–H and O–H groups in total. The second-order valence-electron chi connectivity index (χ2n) is 10.2. The Hall–Kier alpha value is -3.14. The highest BCUT2D eigenvalue weighted by Gasteiger charge is 2.61. The lowest BCUT2D eigenvalue weighted by Crippen LogP contribution is -2.56. The molecule has 3 atom stereocenters. The lowest BCUT2D eigenvalue weighted by atomic mass is 9.59. The maximum Gasteiger partial charge on any atom is 0.238 e. The fraction of sp³-hybridized carbons (Fsp3) is 0.194. The fourth-order valence-electron chi connectivity index (χ4n) is 6.09. The number of aromatic nitrogens is 1. The predicted molar refractivity (Wildman–Crippen MR) is 164 cm³/mol. The van der Waals surface area contributed by atoms with Crippen LogP contribution in [0.15, 0.2) is 72.8 Å². The molecule has 1 spiro atoms. The average Bonchev–Trinajstić information content (AvgIpc) is 3.16. The summed E-state index contributed by atoms with van der Waals surface area (Å²) in [5, 5.41) is 7.29. The molecule has 40 heavy (non-hydrogen) atoms. The van der Waals surface area contributed by atoms with Gasteiger partial charge in [0.1, 0.15) is 16.9 Å². The first-order valence-electron chi connectivity index (χ1n) is 12.7. The summed E-state index contributed by atoms with van der Waals surface area (Å²) in [6.45, 7) is 3.82. The number of pyridine rings is 1. The Kier molecular flexibility index (Phi) is 7.01. The van der Waals surface area contributed by atoms with E-state index >= 15 is 0 Å². The van der Waals surface area contributed by atoms with Crippen molar-refractivity contribution in [2.24, 2.45) is 0 Å². The number of nitrogens with one attached hydrogen (secondary N) is 2. The van der Waals surface area contributed by atoms with Crippen LogP contribution in [0.4, 0.5) is 5.69 Å². The number of halogens is 3. The molecule has 1 aromatic heterocycles. The number of fused-ring (bicyclic) bond motifs is 2. The highest BCUT2D eigenvalue weighted by Crippen LogP contribution is 2.58. The lowest BCUT2D eigenvalue weighted by Gasteiger charge is -2.46. The first-order valence-corrected chi connectivity index (χ1v) is 14.6. The number of rotatable bonds is 4. The van der Waals surface area contributed by atoms with Crippen LogP contribution in [0.1, 0.15) is 46.5 Å². The molecule has 1 saturated heterocycles. The Morgan fingerprint density at radius 1 is 0.950 bits per heavy atom. The van der Waals surface area contributed by atoms with Crippen LogP contribution in [-0.2, 0) is 15.0 Å². The van der Waals surface area contributed by atoms with Crippen LogP contribution in [0, 0.1) is 17.4 Å². The fourth-order valence-corrected chi connectivity index (χ4v) is 6.98. The van der Waals surface area contributed by atoms with Crippen LogP contribution in [0.25, 0.3) is 0 Å². The van der Waals surface area contributed by atoms with Gasteiger partial charge in [-0.25, -0.2) is 0 Å². The highest BCUT2D eigenvalue weighted by molar-refractivity contribution is 14.1. The van der Waals surface area contributed by atoms with Gasteiger partial charge in [0.05, 0.1) is 6.04 Å². The predicted octanol–water partition coefficient (Wildman–Crippen LogP) is 7.64. The summed E-state index contributed by atoms with van der Waals surface area (Å²) in [5.74, 6) is 0.259. The van der Waals surface area contributed by atoms with Gasteiger partial charge in [0.15, 0.2) is 0 Å². The van der Waals surface area contributed by atoms with Gasteiger partial charge in [-0.1, -0.05) is 41.4 Å². The van der Waals surface area contributed by atoms with Gasteiger partial charge in [0.25, 0.3) is 0 Å². The number of benzene rings is 3. The quantitative estimate of drug-likeness (QED) is 0.217. The number of nitrogens with zero attached hydrogens (tertiary/aromatic N) is 1. The Bertz CT molecular complexity index is 1670. The summed E-state index contributed by atoms with van der Waals surface area (Å²) in [6, 6.07) is 21.5. The molecule has 1 fully saturated rings. The van der Waals surface area contributed by atoms with Crippen LogP contribution in [0.5, 0.6) is 11.5 Å². The van der Waals surface area contributed by atoms with Crippen molar-refractivity contribution in [2.45, 2.75) is 37.6 Å². The molecule has 2 aliphatic rings. The molecule has 0 aliphatic carbocycles. The van der Waals surface area contributed by atoms with E-state index in [1.807, 2.05) is 68.4 Å². The maximum atomic E-state index is 14.3. The third kappa shape index (κ3) is 4.63. The molecule has 2 aliphatic heterocycles. The number of hydrogen-bond acceptors (Lipinski definition) is 4. The SMILES string of the molecule is Cc1cc(Oc2ccc(I)cc2C2NC(=O)CC(c3cccc(Cl)c3)[C@]23C(=O)Nc2cc(Cl)ccc23)cc(C)n1. The zero-order valence-electron chi connectivity index (χ0n) is 21.6. The van der Waals surface area contributed by atoms with Gasteiger partial charge in [0.2, 0.25) is 11.8 Å². The van der Waals surface area contributed by atoms with Crippen molar-refractivity contribution in [3.05, 3.63) is 114 Å². The summed E-state index contributed by atoms with van der Waals surface area (Å²) in [5.41, 5.74) is 3.33. The van der Waals surface area contributed by atoms with Crippen molar-refractivity contribution in [3.8, 4) is 11.5 Å². The van der Waals surface area contributed by atoms with Crippen molar-refractivity contribution in [1.29, 1.82) is 0 Å². The van der Waals surface area contributed by atoms with Crippen molar-refractivity contribution in [3.63, 3.8) is 0 Å². The summed E-state index contributed by atoms with van der Waals surface area (Å²) in [7, 11) is 0. The van der Waals surface area contributed by atoms with Crippen LogP contribution in [-0.4, -0.2) is 16.8 Å². The highest BCUT2D eigenvalue weighted by atomic mass is 127. The van der Waals surface area contributed by atoms with Crippen LogP contribution < -0.4 is 15.4 Å². The topological polar surface area (TPSA) is 80.3 Å². The normalized spacial score (nSPS) is 21.6. The first kappa shape index (κ1) is 27.1. The van der Waals surface area contributed by atoms with Crippen molar-refractivity contribution in [1.82, 2.24) is 10.3 Å². The number of hydrogen-bond donors (Lipinski definition) is 2. The zero-order chi connectivity index (χ0) is 28.2. The number of carbonyl (C=O) groups excluding carboxylic acids is 2. The van der Waals surface area contributed by atoms with Crippen molar-refractivity contribution < 1.29 is 14.3 Å². The minimum Gasteiger partial charge on any atom is -0.457 e. The summed E-state index contributed by atoms with van der Waals surface area (Å²) < 4.78 is 7.39. The third-order valence-corrected chi connectivity index (χ3v) is 8.71. The van der Waals surface area contributed by atoms with Gasteiger partial charge in [-0.05, 0) is 90.0 Å². The number of carbonyl (C=O) groups is 2. The Labute approximate surface area is 255 Å². The molecule has 202 valence electrons. The number of ether oxygens (including phenoxy) is 1. The summed E-state index contributed by atoms with van der Waals surface area (Å²) >= 11 is 15.0.